The zero-order chi connectivity index (χ0) is 24.4. The molecule has 1 amide bonds. The number of nitrogens with one attached hydrogen (secondary N) is 1. The minimum absolute atomic E-state index is 0.00101. The fourth-order valence-electron chi connectivity index (χ4n) is 3.76. The number of halogens is 2. The number of hydrogen-bond donors (Lipinski definition) is 2. The molecule has 4 rings (SSSR count). The normalized spacial score (nSPS) is 13.5. The number of carbonyl (C=O) groups is 1. The van der Waals surface area contributed by atoms with Crippen molar-refractivity contribution in [3.63, 3.8) is 0 Å². The average Bonchev–Trinajstić information content (AvgIpc) is 3.57. The van der Waals surface area contributed by atoms with Gasteiger partial charge >= 0.3 is 0 Å². The van der Waals surface area contributed by atoms with Crippen molar-refractivity contribution in [2.45, 2.75) is 25.9 Å². The topological polar surface area (TPSA) is 118 Å². The number of carbonyl (C=O) groups excluding carboxylic acids is 1. The van der Waals surface area contributed by atoms with Crippen LogP contribution in [0.3, 0.4) is 0 Å². The largest absolute Gasteiger partial charge is 0.489 e. The molecule has 3 N–H and O–H groups in total. The second-order valence-electron chi connectivity index (χ2n) is 7.92. The summed E-state index contributed by atoms with van der Waals surface area (Å²) in [6.07, 6.45) is 3.81. The van der Waals surface area contributed by atoms with E-state index in [4.69, 9.17) is 22.1 Å². The van der Waals surface area contributed by atoms with Gasteiger partial charge in [0.15, 0.2) is 5.82 Å². The van der Waals surface area contributed by atoms with Gasteiger partial charge in [-0.15, -0.1) is 0 Å². The molecular weight excluding hydrogens is 459 g/mol. The minimum atomic E-state index is -0.724. The van der Waals surface area contributed by atoms with Crippen molar-refractivity contribution in [3.8, 4) is 34.2 Å². The molecule has 0 bridgehead atoms. The van der Waals surface area contributed by atoms with Gasteiger partial charge in [-0.05, 0) is 37.0 Å². The van der Waals surface area contributed by atoms with E-state index in [2.05, 4.69) is 21.7 Å². The van der Waals surface area contributed by atoms with Crippen molar-refractivity contribution < 1.29 is 13.9 Å². The standard InChI is InChI=1S/C24H22ClFN6O2/c1-13-3-4-14(7-16(13)20(10-28)31-29-12-33)18-11-30-32(2)24(18)22-17(9-27)21(34-15-5-6-15)8-19(25)23(22)26/h3-4,7-8,11-12,15H,5-6,10,28H2,1-2H3,(H,29,33)/b31-20-. The van der Waals surface area contributed by atoms with E-state index < -0.39 is 5.82 Å². The summed E-state index contributed by atoms with van der Waals surface area (Å²) in [5.74, 6) is -0.474. The summed E-state index contributed by atoms with van der Waals surface area (Å²) in [4.78, 5) is 10.7. The summed E-state index contributed by atoms with van der Waals surface area (Å²) < 4.78 is 22.8. The van der Waals surface area contributed by atoms with Crippen LogP contribution in [-0.2, 0) is 11.8 Å². The number of aromatic nitrogens is 2. The first-order valence-electron chi connectivity index (χ1n) is 10.6. The van der Waals surface area contributed by atoms with Gasteiger partial charge in [-0.1, -0.05) is 23.7 Å². The van der Waals surface area contributed by atoms with Crippen molar-refractivity contribution in [1.29, 1.82) is 5.26 Å². The molecule has 1 heterocycles. The first-order chi connectivity index (χ1) is 16.4. The van der Waals surface area contributed by atoms with Crippen LogP contribution >= 0.6 is 11.6 Å². The fourth-order valence-corrected chi connectivity index (χ4v) is 3.95. The second kappa shape index (κ2) is 9.63. The van der Waals surface area contributed by atoms with Crippen molar-refractivity contribution in [2.24, 2.45) is 17.9 Å². The quantitative estimate of drug-likeness (QED) is 0.289. The van der Waals surface area contributed by atoms with Crippen LogP contribution in [0.4, 0.5) is 4.39 Å². The number of nitriles is 1. The van der Waals surface area contributed by atoms with Gasteiger partial charge in [-0.25, -0.2) is 9.82 Å². The predicted octanol–water partition coefficient (Wildman–Crippen LogP) is 3.68. The lowest BCUT2D eigenvalue weighted by Crippen LogP contribution is -2.20. The van der Waals surface area contributed by atoms with Gasteiger partial charge in [0.2, 0.25) is 6.41 Å². The molecule has 1 aromatic heterocycles. The van der Waals surface area contributed by atoms with E-state index in [1.165, 1.54) is 10.7 Å². The van der Waals surface area contributed by atoms with Gasteiger partial charge in [0, 0.05) is 30.8 Å². The van der Waals surface area contributed by atoms with Gasteiger partial charge in [-0.2, -0.15) is 15.5 Å². The smallest absolute Gasteiger partial charge is 0.227 e. The molecular formula is C24H22ClFN6O2. The fraction of sp³-hybridized carbons (Fsp3) is 0.250. The zero-order valence-electron chi connectivity index (χ0n) is 18.6. The van der Waals surface area contributed by atoms with Crippen LogP contribution in [0.1, 0.15) is 29.5 Å². The van der Waals surface area contributed by atoms with Crippen LogP contribution in [0.2, 0.25) is 5.02 Å². The Balaban J connectivity index is 1.92. The van der Waals surface area contributed by atoms with E-state index in [1.807, 2.05) is 25.1 Å². The van der Waals surface area contributed by atoms with E-state index in [-0.39, 0.29) is 34.5 Å². The monoisotopic (exact) mass is 480 g/mol. The molecule has 10 heteroatoms. The molecule has 2 aromatic carbocycles. The number of nitrogens with zero attached hydrogens (tertiary/aromatic N) is 4. The molecule has 1 aliphatic rings. The van der Waals surface area contributed by atoms with Crippen LogP contribution in [0.25, 0.3) is 22.4 Å². The highest BCUT2D eigenvalue weighted by atomic mass is 35.5. The summed E-state index contributed by atoms with van der Waals surface area (Å²) in [5, 5.41) is 18.1. The lowest BCUT2D eigenvalue weighted by molar-refractivity contribution is -0.109. The van der Waals surface area contributed by atoms with E-state index in [0.717, 1.165) is 18.4 Å². The Kier molecular flexibility index (Phi) is 6.63. The molecule has 0 atom stereocenters. The molecule has 8 nitrogen and oxygen atoms in total. The summed E-state index contributed by atoms with van der Waals surface area (Å²) in [6.45, 7) is 1.98. The summed E-state index contributed by atoms with van der Waals surface area (Å²) in [7, 11) is 1.66. The molecule has 0 saturated heterocycles. The maximum atomic E-state index is 15.4. The molecule has 0 aliphatic heterocycles. The van der Waals surface area contributed by atoms with Crippen molar-refractivity contribution >= 4 is 23.7 Å². The van der Waals surface area contributed by atoms with Crippen LogP contribution in [0.15, 0.2) is 35.6 Å². The zero-order valence-corrected chi connectivity index (χ0v) is 19.4. The number of hydrazone groups is 1. The SMILES string of the molecule is Cc1ccc(-c2cnn(C)c2-c2c(F)c(Cl)cc(OC3CC3)c2C#N)cc1/C(CN)=N\NC=O. The molecule has 0 unspecified atom stereocenters. The van der Waals surface area contributed by atoms with Gasteiger partial charge in [0.25, 0.3) is 0 Å². The molecule has 1 aliphatic carbocycles. The predicted molar refractivity (Wildman–Crippen MR) is 127 cm³/mol. The third-order valence-electron chi connectivity index (χ3n) is 5.59. The summed E-state index contributed by atoms with van der Waals surface area (Å²) >= 11 is 6.22. The lowest BCUT2D eigenvalue weighted by Gasteiger charge is -2.16. The first-order valence-corrected chi connectivity index (χ1v) is 11.0. The third-order valence-corrected chi connectivity index (χ3v) is 5.87. The first kappa shape index (κ1) is 23.4. The Bertz CT molecular complexity index is 1340. The number of benzene rings is 2. The van der Waals surface area contributed by atoms with Gasteiger partial charge < -0.3 is 10.5 Å². The van der Waals surface area contributed by atoms with E-state index in [0.29, 0.717) is 34.5 Å². The lowest BCUT2D eigenvalue weighted by atomic mass is 9.94. The van der Waals surface area contributed by atoms with Gasteiger partial charge in [0.1, 0.15) is 17.4 Å². The number of rotatable bonds is 8. The summed E-state index contributed by atoms with van der Waals surface area (Å²) in [6, 6.07) is 9.00. The summed E-state index contributed by atoms with van der Waals surface area (Å²) in [5.41, 5.74) is 11.9. The van der Waals surface area contributed by atoms with Crippen LogP contribution in [0, 0.1) is 24.1 Å². The number of aryl methyl sites for hydroxylation is 2. The Morgan fingerprint density at radius 3 is 2.88 bits per heavy atom. The Morgan fingerprint density at radius 1 is 1.47 bits per heavy atom. The molecule has 1 saturated carbocycles. The van der Waals surface area contributed by atoms with E-state index in [9.17, 15) is 10.1 Å². The van der Waals surface area contributed by atoms with Crippen molar-refractivity contribution in [3.05, 3.63) is 58.0 Å². The average molecular weight is 481 g/mol. The highest BCUT2D eigenvalue weighted by molar-refractivity contribution is 6.31. The number of amides is 1. The van der Waals surface area contributed by atoms with Crippen LogP contribution in [-0.4, -0.2) is 34.6 Å². The van der Waals surface area contributed by atoms with Crippen LogP contribution in [0.5, 0.6) is 5.75 Å². The van der Waals surface area contributed by atoms with Gasteiger partial charge in [-0.3, -0.25) is 9.48 Å². The maximum Gasteiger partial charge on any atom is 0.227 e. The molecule has 0 spiro atoms. The highest BCUT2D eigenvalue weighted by Crippen LogP contribution is 2.42. The molecule has 174 valence electrons. The minimum Gasteiger partial charge on any atom is -0.489 e. The van der Waals surface area contributed by atoms with Crippen molar-refractivity contribution in [2.75, 3.05) is 6.54 Å². The number of ether oxygens (including phenoxy) is 1. The van der Waals surface area contributed by atoms with Gasteiger partial charge in [0.05, 0.1) is 34.3 Å². The molecule has 3 aromatic rings. The number of hydrogen-bond acceptors (Lipinski definition) is 6. The van der Waals surface area contributed by atoms with Crippen molar-refractivity contribution in [1.82, 2.24) is 15.2 Å². The Morgan fingerprint density at radius 2 is 2.24 bits per heavy atom. The Hall–Kier alpha value is -3.74. The number of nitrogens with two attached hydrogens (primary N) is 1. The molecule has 0 radical (unpaired) electrons. The second-order valence-corrected chi connectivity index (χ2v) is 8.33. The van der Waals surface area contributed by atoms with E-state index >= 15 is 4.39 Å². The maximum absolute atomic E-state index is 15.4. The van der Waals surface area contributed by atoms with Crippen LogP contribution < -0.4 is 15.9 Å². The third kappa shape index (κ3) is 4.38. The molecule has 1 fully saturated rings. The highest BCUT2D eigenvalue weighted by Gasteiger charge is 2.29. The molecule has 34 heavy (non-hydrogen) atoms. The van der Waals surface area contributed by atoms with E-state index in [1.54, 1.807) is 13.2 Å². The Labute approximate surface area is 200 Å².